The molecular weight excluding hydrogens is 226 g/mol. The number of hydrogen-bond donors (Lipinski definition) is 1. The van der Waals surface area contributed by atoms with E-state index in [-0.39, 0.29) is 5.91 Å². The van der Waals surface area contributed by atoms with Crippen molar-refractivity contribution in [2.45, 2.75) is 52.0 Å². The first-order valence-corrected chi connectivity index (χ1v) is 7.05. The van der Waals surface area contributed by atoms with Crippen molar-refractivity contribution in [2.24, 2.45) is 11.8 Å². The van der Waals surface area contributed by atoms with Gasteiger partial charge in [0.05, 0.1) is 12.8 Å². The van der Waals surface area contributed by atoms with E-state index in [9.17, 15) is 4.79 Å². The van der Waals surface area contributed by atoms with Crippen LogP contribution in [0.5, 0.6) is 0 Å². The molecule has 0 radical (unpaired) electrons. The van der Waals surface area contributed by atoms with E-state index in [0.29, 0.717) is 24.8 Å². The Bertz CT molecular complexity index is 359. The molecule has 1 aliphatic carbocycles. The first kappa shape index (κ1) is 13.2. The van der Waals surface area contributed by atoms with E-state index >= 15 is 0 Å². The third-order valence-corrected chi connectivity index (χ3v) is 4.03. The molecule has 2 rings (SSSR count). The summed E-state index contributed by atoms with van der Waals surface area (Å²) in [6.45, 7) is 2.79. The van der Waals surface area contributed by atoms with Crippen LogP contribution in [0.15, 0.2) is 22.8 Å². The van der Waals surface area contributed by atoms with Gasteiger partial charge >= 0.3 is 0 Å². The molecule has 1 amide bonds. The quantitative estimate of drug-likeness (QED) is 0.830. The van der Waals surface area contributed by atoms with Crippen molar-refractivity contribution in [3.05, 3.63) is 24.2 Å². The Hall–Kier alpha value is -1.25. The molecule has 1 N–H and O–H groups in total. The highest BCUT2D eigenvalue weighted by molar-refractivity contribution is 5.76. The highest BCUT2D eigenvalue weighted by Gasteiger charge is 2.22. The van der Waals surface area contributed by atoms with Gasteiger partial charge in [-0.05, 0) is 30.4 Å². The Morgan fingerprint density at radius 3 is 3.00 bits per heavy atom. The van der Waals surface area contributed by atoms with E-state index in [0.717, 1.165) is 5.76 Å². The third-order valence-electron chi connectivity index (χ3n) is 4.03. The average molecular weight is 249 g/mol. The van der Waals surface area contributed by atoms with Crippen molar-refractivity contribution < 1.29 is 9.21 Å². The summed E-state index contributed by atoms with van der Waals surface area (Å²) in [5.41, 5.74) is 0. The fourth-order valence-corrected chi connectivity index (χ4v) is 2.78. The van der Waals surface area contributed by atoms with Gasteiger partial charge in [0.25, 0.3) is 0 Å². The SMILES string of the molecule is C[C@H]1CCCCCC1CC(=O)NCc1ccco1. The van der Waals surface area contributed by atoms with E-state index in [1.165, 1.54) is 32.1 Å². The molecule has 1 unspecified atom stereocenters. The van der Waals surface area contributed by atoms with E-state index in [1.807, 2.05) is 12.1 Å². The van der Waals surface area contributed by atoms with Crippen molar-refractivity contribution in [3.8, 4) is 0 Å². The fourth-order valence-electron chi connectivity index (χ4n) is 2.78. The summed E-state index contributed by atoms with van der Waals surface area (Å²) in [5.74, 6) is 2.22. The van der Waals surface area contributed by atoms with Gasteiger partial charge in [-0.25, -0.2) is 0 Å². The number of amides is 1. The molecule has 3 heteroatoms. The summed E-state index contributed by atoms with van der Waals surface area (Å²) in [5, 5.41) is 2.94. The van der Waals surface area contributed by atoms with Gasteiger partial charge in [0.2, 0.25) is 5.91 Å². The molecule has 3 nitrogen and oxygen atoms in total. The molecule has 1 heterocycles. The summed E-state index contributed by atoms with van der Waals surface area (Å²) in [6.07, 6.45) is 8.71. The molecule has 1 fully saturated rings. The monoisotopic (exact) mass is 249 g/mol. The lowest BCUT2D eigenvalue weighted by Gasteiger charge is -2.20. The molecule has 0 saturated heterocycles. The zero-order chi connectivity index (χ0) is 12.8. The zero-order valence-electron chi connectivity index (χ0n) is 11.2. The Morgan fingerprint density at radius 2 is 2.22 bits per heavy atom. The lowest BCUT2D eigenvalue weighted by atomic mass is 9.87. The maximum atomic E-state index is 11.9. The highest BCUT2D eigenvalue weighted by Crippen LogP contribution is 2.30. The molecule has 1 aliphatic rings. The number of nitrogens with one attached hydrogen (secondary N) is 1. The zero-order valence-corrected chi connectivity index (χ0v) is 11.2. The van der Waals surface area contributed by atoms with Gasteiger partial charge in [-0.3, -0.25) is 4.79 Å². The van der Waals surface area contributed by atoms with Crippen LogP contribution in [0, 0.1) is 11.8 Å². The van der Waals surface area contributed by atoms with Crippen LogP contribution < -0.4 is 5.32 Å². The van der Waals surface area contributed by atoms with Crippen LogP contribution in [0.3, 0.4) is 0 Å². The predicted octanol–water partition coefficient (Wildman–Crippen LogP) is 3.50. The van der Waals surface area contributed by atoms with Crippen molar-refractivity contribution in [1.29, 1.82) is 0 Å². The standard InChI is InChI=1S/C15H23NO2/c1-12-6-3-2-4-7-13(12)10-15(17)16-11-14-8-5-9-18-14/h5,8-9,12-13H,2-4,6-7,10-11H2,1H3,(H,16,17)/t12-,13?/m0/s1. The molecule has 2 atom stereocenters. The van der Waals surface area contributed by atoms with Crippen LogP contribution in [0.4, 0.5) is 0 Å². The van der Waals surface area contributed by atoms with Gasteiger partial charge in [-0.2, -0.15) is 0 Å². The Balaban J connectivity index is 1.75. The van der Waals surface area contributed by atoms with Crippen molar-refractivity contribution >= 4 is 5.91 Å². The summed E-state index contributed by atoms with van der Waals surface area (Å²) in [4.78, 5) is 11.9. The number of hydrogen-bond acceptors (Lipinski definition) is 2. The molecule has 18 heavy (non-hydrogen) atoms. The summed E-state index contributed by atoms with van der Waals surface area (Å²) in [7, 11) is 0. The van der Waals surface area contributed by atoms with E-state index < -0.39 is 0 Å². The third kappa shape index (κ3) is 3.90. The molecule has 1 saturated carbocycles. The first-order valence-electron chi connectivity index (χ1n) is 7.05. The average Bonchev–Trinajstić information content (AvgIpc) is 2.80. The Morgan fingerprint density at radius 1 is 1.39 bits per heavy atom. The number of rotatable bonds is 4. The van der Waals surface area contributed by atoms with E-state index in [2.05, 4.69) is 12.2 Å². The van der Waals surface area contributed by atoms with Crippen LogP contribution in [0.2, 0.25) is 0 Å². The highest BCUT2D eigenvalue weighted by atomic mass is 16.3. The van der Waals surface area contributed by atoms with Crippen LogP contribution in [-0.2, 0) is 11.3 Å². The van der Waals surface area contributed by atoms with Gasteiger partial charge in [-0.15, -0.1) is 0 Å². The second-order valence-corrected chi connectivity index (χ2v) is 5.44. The minimum atomic E-state index is 0.158. The van der Waals surface area contributed by atoms with Gasteiger partial charge in [-0.1, -0.05) is 32.6 Å². The second-order valence-electron chi connectivity index (χ2n) is 5.44. The van der Waals surface area contributed by atoms with E-state index in [4.69, 9.17) is 4.42 Å². The Kier molecular flexibility index (Phi) is 4.85. The molecular formula is C15H23NO2. The van der Waals surface area contributed by atoms with Crippen LogP contribution in [-0.4, -0.2) is 5.91 Å². The smallest absolute Gasteiger partial charge is 0.220 e. The van der Waals surface area contributed by atoms with Crippen molar-refractivity contribution in [1.82, 2.24) is 5.32 Å². The summed E-state index contributed by atoms with van der Waals surface area (Å²) >= 11 is 0. The topological polar surface area (TPSA) is 42.2 Å². The largest absolute Gasteiger partial charge is 0.467 e. The molecule has 0 bridgehead atoms. The summed E-state index contributed by atoms with van der Waals surface area (Å²) in [6, 6.07) is 3.73. The lowest BCUT2D eigenvalue weighted by Crippen LogP contribution is -2.26. The van der Waals surface area contributed by atoms with E-state index in [1.54, 1.807) is 6.26 Å². The predicted molar refractivity (Wildman–Crippen MR) is 70.9 cm³/mol. The van der Waals surface area contributed by atoms with Gasteiger partial charge in [0.15, 0.2) is 0 Å². The Labute approximate surface area is 109 Å². The second kappa shape index (κ2) is 6.62. The number of carbonyl (C=O) groups excluding carboxylic acids is 1. The molecule has 1 aromatic rings. The minimum absolute atomic E-state index is 0.158. The van der Waals surface area contributed by atoms with Crippen molar-refractivity contribution in [2.75, 3.05) is 0 Å². The van der Waals surface area contributed by atoms with Crippen LogP contribution in [0.1, 0.15) is 51.2 Å². The molecule has 0 aromatic carbocycles. The molecule has 100 valence electrons. The summed E-state index contributed by atoms with van der Waals surface area (Å²) < 4.78 is 5.20. The molecule has 1 aromatic heterocycles. The maximum absolute atomic E-state index is 11.9. The van der Waals surface area contributed by atoms with Crippen LogP contribution >= 0.6 is 0 Å². The maximum Gasteiger partial charge on any atom is 0.220 e. The number of furan rings is 1. The van der Waals surface area contributed by atoms with Crippen LogP contribution in [0.25, 0.3) is 0 Å². The fraction of sp³-hybridized carbons (Fsp3) is 0.667. The normalized spacial score (nSPS) is 24.5. The van der Waals surface area contributed by atoms with Gasteiger partial charge in [0, 0.05) is 6.42 Å². The lowest BCUT2D eigenvalue weighted by molar-refractivity contribution is -0.122. The molecule has 0 aliphatic heterocycles. The first-order chi connectivity index (χ1) is 8.75. The molecule has 0 spiro atoms. The van der Waals surface area contributed by atoms with Crippen molar-refractivity contribution in [3.63, 3.8) is 0 Å². The van der Waals surface area contributed by atoms with Gasteiger partial charge in [0.1, 0.15) is 5.76 Å². The van der Waals surface area contributed by atoms with Gasteiger partial charge < -0.3 is 9.73 Å². The minimum Gasteiger partial charge on any atom is -0.467 e. The number of carbonyl (C=O) groups is 1.